The van der Waals surface area contributed by atoms with Crippen LogP contribution in [0.5, 0.6) is 11.5 Å². The van der Waals surface area contributed by atoms with Crippen molar-refractivity contribution >= 4 is 31.5 Å². The van der Waals surface area contributed by atoms with Gasteiger partial charge in [0.1, 0.15) is 30.0 Å². The van der Waals surface area contributed by atoms with Crippen LogP contribution in [0.3, 0.4) is 0 Å². The monoisotopic (exact) mass is 654 g/mol. The van der Waals surface area contributed by atoms with E-state index in [0.717, 1.165) is 5.57 Å². The van der Waals surface area contributed by atoms with Crippen molar-refractivity contribution in [2.24, 2.45) is 0 Å². The van der Waals surface area contributed by atoms with E-state index < -0.39 is 49.9 Å². The van der Waals surface area contributed by atoms with Gasteiger partial charge in [0, 0.05) is 17.5 Å². The van der Waals surface area contributed by atoms with Crippen LogP contribution in [0.15, 0.2) is 11.6 Å². The number of benzene rings is 1. The van der Waals surface area contributed by atoms with Crippen LogP contribution in [-0.2, 0) is 50.9 Å². The van der Waals surface area contributed by atoms with Crippen molar-refractivity contribution in [3.63, 3.8) is 0 Å². The van der Waals surface area contributed by atoms with E-state index in [4.69, 9.17) is 28.2 Å². The molecule has 0 bridgehead atoms. The molecule has 1 aliphatic heterocycles. The van der Waals surface area contributed by atoms with Gasteiger partial charge < -0.3 is 28.2 Å². The van der Waals surface area contributed by atoms with Gasteiger partial charge >= 0.3 is 31.5 Å². The van der Waals surface area contributed by atoms with Gasteiger partial charge in [0.25, 0.3) is 0 Å². The molecule has 45 heavy (non-hydrogen) atoms. The number of methoxy groups -OCH3 is 1. The zero-order valence-corrected chi connectivity index (χ0v) is 28.8. The van der Waals surface area contributed by atoms with Gasteiger partial charge in [0.05, 0.1) is 25.9 Å². The molecule has 0 radical (unpaired) electrons. The molecule has 1 aliphatic rings. The first-order valence-electron chi connectivity index (χ1n) is 15.0. The Balaban J connectivity index is 2.65. The molecule has 0 fully saturated rings. The van der Waals surface area contributed by atoms with Gasteiger partial charge in [-0.2, -0.15) is 0 Å². The smallest absolute Gasteiger partial charge is 0.391 e. The lowest BCUT2D eigenvalue weighted by atomic mass is 9.94. The Labute approximate surface area is 265 Å². The maximum Gasteiger partial charge on any atom is 0.391 e. The van der Waals surface area contributed by atoms with Crippen molar-refractivity contribution in [1.82, 2.24) is 10.2 Å². The van der Waals surface area contributed by atoms with Gasteiger partial charge in [-0.05, 0) is 80.7 Å². The zero-order valence-electron chi connectivity index (χ0n) is 27.9. The van der Waals surface area contributed by atoms with Crippen LogP contribution in [0.2, 0.25) is 0 Å². The summed E-state index contributed by atoms with van der Waals surface area (Å²) in [6, 6.07) is -2.31. The molecule has 0 amide bonds. The summed E-state index contributed by atoms with van der Waals surface area (Å²) in [6.07, 6.45) is 1.72. The van der Waals surface area contributed by atoms with E-state index in [2.05, 4.69) is 10.2 Å². The second-order valence-electron chi connectivity index (χ2n) is 11.3. The predicted octanol–water partition coefficient (Wildman–Crippen LogP) is 4.85. The number of fused-ring (bicyclic) bond motifs is 1. The Morgan fingerprint density at radius 2 is 1.51 bits per heavy atom. The minimum absolute atomic E-state index is 0.0548. The van der Waals surface area contributed by atoms with Crippen LogP contribution in [0, 0.1) is 6.92 Å². The Bertz CT molecular complexity index is 1310. The predicted molar refractivity (Wildman–Crippen MR) is 166 cm³/mol. The summed E-state index contributed by atoms with van der Waals surface area (Å²) in [5.74, 6) is -2.15. The molecular weight excluding hydrogens is 607 g/mol. The molecule has 0 spiro atoms. The van der Waals surface area contributed by atoms with E-state index in [0.29, 0.717) is 28.9 Å². The van der Waals surface area contributed by atoms with E-state index in [9.17, 15) is 23.7 Å². The molecule has 0 aliphatic carbocycles. The van der Waals surface area contributed by atoms with Gasteiger partial charge in [-0.15, -0.1) is 0 Å². The number of rotatable bonds is 17. The first-order chi connectivity index (χ1) is 21.0. The van der Waals surface area contributed by atoms with E-state index in [-0.39, 0.29) is 43.3 Å². The summed E-state index contributed by atoms with van der Waals surface area (Å²) in [4.78, 5) is 50.4. The quantitative estimate of drug-likeness (QED) is 0.101. The maximum absolute atomic E-state index is 14.6. The van der Waals surface area contributed by atoms with Crippen LogP contribution in [-0.4, -0.2) is 61.9 Å². The zero-order chi connectivity index (χ0) is 34.1. The van der Waals surface area contributed by atoms with Crippen LogP contribution < -0.4 is 19.4 Å². The molecular formula is C31H47N2O11P. The van der Waals surface area contributed by atoms with Crippen LogP contribution in [0.25, 0.3) is 0 Å². The van der Waals surface area contributed by atoms with Crippen molar-refractivity contribution in [3.05, 3.63) is 33.9 Å². The summed E-state index contributed by atoms with van der Waals surface area (Å²) < 4.78 is 47.4. The third kappa shape index (κ3) is 10.6. The van der Waals surface area contributed by atoms with Gasteiger partial charge in [-0.1, -0.05) is 11.6 Å². The Morgan fingerprint density at radius 1 is 0.956 bits per heavy atom. The van der Waals surface area contributed by atoms with Gasteiger partial charge in [0.2, 0.25) is 0 Å². The fraction of sp³-hybridized carbons (Fsp3) is 0.613. The van der Waals surface area contributed by atoms with E-state index in [1.54, 1.807) is 41.5 Å². The van der Waals surface area contributed by atoms with Gasteiger partial charge in [-0.25, -0.2) is 19.5 Å². The number of hydrogen-bond acceptors (Lipinski definition) is 11. The highest BCUT2D eigenvalue weighted by atomic mass is 31.2. The van der Waals surface area contributed by atoms with Crippen molar-refractivity contribution in [3.8, 4) is 11.5 Å². The normalized spacial score (nSPS) is 15.6. The van der Waals surface area contributed by atoms with Crippen LogP contribution >= 0.6 is 7.67 Å². The number of esters is 4. The number of hydrogen-bond donors (Lipinski definition) is 2. The molecule has 2 N–H and O–H groups in total. The largest absolute Gasteiger partial charge is 0.496 e. The average molecular weight is 655 g/mol. The molecule has 0 aromatic heterocycles. The second kappa shape index (κ2) is 16.8. The third-order valence-corrected chi connectivity index (χ3v) is 8.56. The molecule has 252 valence electrons. The number of carbonyl (C=O) groups is 4. The van der Waals surface area contributed by atoms with E-state index >= 15 is 0 Å². The fourth-order valence-electron chi connectivity index (χ4n) is 4.52. The molecule has 2 unspecified atom stereocenters. The highest BCUT2D eigenvalue weighted by molar-refractivity contribution is 7.55. The lowest BCUT2D eigenvalue weighted by molar-refractivity contribution is -0.149. The minimum Gasteiger partial charge on any atom is -0.496 e. The summed E-state index contributed by atoms with van der Waals surface area (Å²) in [5.41, 5.74) is 2.41. The highest BCUT2D eigenvalue weighted by Crippen LogP contribution is 2.49. The fourth-order valence-corrected chi connectivity index (χ4v) is 6.39. The van der Waals surface area contributed by atoms with E-state index in [1.807, 2.05) is 13.0 Å². The first kappa shape index (κ1) is 37.8. The summed E-state index contributed by atoms with van der Waals surface area (Å²) in [7, 11) is -2.95. The summed E-state index contributed by atoms with van der Waals surface area (Å²) in [6.45, 7) is 15.1. The molecule has 1 aromatic rings. The Morgan fingerprint density at radius 3 is 2.00 bits per heavy atom. The van der Waals surface area contributed by atoms with Gasteiger partial charge in [0.15, 0.2) is 5.75 Å². The SMILES string of the molecule is CCOC(=O)CC/C(C)=C/Cc1c(OC)c(C)c2c(c1OP(=O)(NC(C)C(=O)OC(C)C)NC(C)C(=O)OC(C)C)C(=O)OC2. The van der Waals surface area contributed by atoms with Gasteiger partial charge in [-0.3, -0.25) is 14.4 Å². The average Bonchev–Trinajstić information content (AvgIpc) is 3.33. The number of cyclic esters (lactones) is 1. The van der Waals surface area contributed by atoms with Crippen LogP contribution in [0.4, 0.5) is 0 Å². The standard InChI is InChI=1S/C31H47N2O11P/c1-11-40-25(34)15-13-19(6)12-14-23-27(39-10)20(7)24-16-41-31(37)26(24)28(23)44-45(38,32-21(8)29(35)42-17(2)3)33-22(9)30(36)43-18(4)5/h12,17-18,21-22H,11,13-16H2,1-10H3,(H2,32,33,38)/b19-12+. The molecule has 2 rings (SSSR count). The van der Waals surface area contributed by atoms with Crippen molar-refractivity contribution in [1.29, 1.82) is 0 Å². The van der Waals surface area contributed by atoms with Crippen molar-refractivity contribution in [2.75, 3.05) is 13.7 Å². The number of carbonyl (C=O) groups excluding carboxylic acids is 4. The molecule has 13 nitrogen and oxygen atoms in total. The summed E-state index contributed by atoms with van der Waals surface area (Å²) in [5, 5.41) is 5.32. The lowest BCUT2D eigenvalue weighted by Crippen LogP contribution is -2.44. The minimum atomic E-state index is -4.41. The molecule has 0 saturated heterocycles. The molecule has 0 saturated carbocycles. The summed E-state index contributed by atoms with van der Waals surface area (Å²) >= 11 is 0. The molecule has 2 atom stereocenters. The molecule has 1 aromatic carbocycles. The lowest BCUT2D eigenvalue weighted by Gasteiger charge is -2.28. The van der Waals surface area contributed by atoms with Crippen LogP contribution in [0.1, 0.15) is 95.3 Å². The number of nitrogens with one attached hydrogen (secondary N) is 2. The van der Waals surface area contributed by atoms with Crippen molar-refractivity contribution in [2.45, 2.75) is 112 Å². The van der Waals surface area contributed by atoms with Crippen molar-refractivity contribution < 1.29 is 52.0 Å². The first-order valence-corrected chi connectivity index (χ1v) is 16.6. The number of ether oxygens (including phenoxy) is 5. The second-order valence-corrected chi connectivity index (χ2v) is 13.1. The highest BCUT2D eigenvalue weighted by Gasteiger charge is 2.40. The number of allylic oxidation sites excluding steroid dienone is 2. The third-order valence-electron chi connectivity index (χ3n) is 6.67. The molecule has 1 heterocycles. The Kier molecular flexibility index (Phi) is 14.1. The topological polar surface area (TPSA) is 165 Å². The Hall–Kier alpha value is -3.41. The maximum atomic E-state index is 14.6. The van der Waals surface area contributed by atoms with E-state index in [1.165, 1.54) is 21.0 Å². The molecule has 14 heteroatoms.